The molecule has 2 rings (SSSR count). The molecule has 0 radical (unpaired) electrons. The van der Waals surface area contributed by atoms with E-state index in [2.05, 4.69) is 17.9 Å². The fourth-order valence-corrected chi connectivity index (χ4v) is 2.60. The fraction of sp³-hybridized carbons (Fsp3) is 0.316. The van der Waals surface area contributed by atoms with E-state index in [1.54, 1.807) is 19.2 Å². The highest BCUT2D eigenvalue weighted by Crippen LogP contribution is 2.26. The SMILES string of the molecule is COc1cccc(C(C)N(C)Cc2ccc(OC)c(C(=O)O)c2)c1. The van der Waals surface area contributed by atoms with Gasteiger partial charge in [-0.15, -0.1) is 0 Å². The second-order valence-electron chi connectivity index (χ2n) is 5.71. The van der Waals surface area contributed by atoms with Crippen molar-refractivity contribution in [1.82, 2.24) is 4.90 Å². The van der Waals surface area contributed by atoms with Gasteiger partial charge in [0, 0.05) is 12.6 Å². The molecule has 5 heteroatoms. The monoisotopic (exact) mass is 329 g/mol. The van der Waals surface area contributed by atoms with E-state index in [1.165, 1.54) is 7.11 Å². The van der Waals surface area contributed by atoms with Crippen LogP contribution in [-0.2, 0) is 6.54 Å². The first-order chi connectivity index (χ1) is 11.5. The lowest BCUT2D eigenvalue weighted by Gasteiger charge is -2.25. The first-order valence-electron chi connectivity index (χ1n) is 7.70. The Morgan fingerprint density at radius 3 is 2.54 bits per heavy atom. The minimum Gasteiger partial charge on any atom is -0.497 e. The van der Waals surface area contributed by atoms with Gasteiger partial charge in [0.2, 0.25) is 0 Å². The van der Waals surface area contributed by atoms with Crippen LogP contribution in [0.3, 0.4) is 0 Å². The Morgan fingerprint density at radius 2 is 1.92 bits per heavy atom. The number of ether oxygens (including phenoxy) is 2. The Balaban J connectivity index is 2.17. The zero-order valence-electron chi connectivity index (χ0n) is 14.4. The molecule has 0 spiro atoms. The van der Waals surface area contributed by atoms with Crippen molar-refractivity contribution in [3.8, 4) is 11.5 Å². The zero-order chi connectivity index (χ0) is 17.7. The van der Waals surface area contributed by atoms with Crippen molar-refractivity contribution in [1.29, 1.82) is 0 Å². The molecule has 1 atom stereocenters. The minimum absolute atomic E-state index is 0.162. The van der Waals surface area contributed by atoms with Gasteiger partial charge >= 0.3 is 5.97 Å². The molecule has 1 unspecified atom stereocenters. The van der Waals surface area contributed by atoms with Crippen molar-refractivity contribution in [3.05, 3.63) is 59.2 Å². The molecule has 2 aromatic carbocycles. The largest absolute Gasteiger partial charge is 0.497 e. The van der Waals surface area contributed by atoms with Gasteiger partial charge < -0.3 is 14.6 Å². The summed E-state index contributed by atoms with van der Waals surface area (Å²) in [6.45, 7) is 2.74. The Labute approximate surface area is 142 Å². The van der Waals surface area contributed by atoms with Gasteiger partial charge in [-0.3, -0.25) is 4.90 Å². The van der Waals surface area contributed by atoms with Crippen LogP contribution in [0.4, 0.5) is 0 Å². The van der Waals surface area contributed by atoms with E-state index in [9.17, 15) is 9.90 Å². The summed E-state index contributed by atoms with van der Waals surface area (Å²) >= 11 is 0. The second kappa shape index (κ2) is 7.84. The van der Waals surface area contributed by atoms with Gasteiger partial charge in [-0.1, -0.05) is 18.2 Å². The summed E-state index contributed by atoms with van der Waals surface area (Å²) in [6, 6.07) is 13.4. The maximum atomic E-state index is 11.3. The molecule has 128 valence electrons. The van der Waals surface area contributed by atoms with E-state index in [0.717, 1.165) is 16.9 Å². The number of hydrogen-bond donors (Lipinski definition) is 1. The predicted molar refractivity (Wildman–Crippen MR) is 92.8 cm³/mol. The molecule has 2 aromatic rings. The molecular formula is C19H23NO4. The normalized spacial score (nSPS) is 12.0. The molecule has 24 heavy (non-hydrogen) atoms. The molecule has 0 amide bonds. The van der Waals surface area contributed by atoms with Crippen molar-refractivity contribution in [3.63, 3.8) is 0 Å². The van der Waals surface area contributed by atoms with Gasteiger partial charge in [0.1, 0.15) is 17.1 Å². The second-order valence-corrected chi connectivity index (χ2v) is 5.71. The van der Waals surface area contributed by atoms with Crippen molar-refractivity contribution < 1.29 is 19.4 Å². The number of carboxylic acid groups (broad SMARTS) is 1. The van der Waals surface area contributed by atoms with Crippen molar-refractivity contribution in [2.24, 2.45) is 0 Å². The summed E-state index contributed by atoms with van der Waals surface area (Å²) in [5.74, 6) is 0.206. The Morgan fingerprint density at radius 1 is 1.17 bits per heavy atom. The highest BCUT2D eigenvalue weighted by Gasteiger charge is 2.16. The topological polar surface area (TPSA) is 59.0 Å². The van der Waals surface area contributed by atoms with Crippen molar-refractivity contribution >= 4 is 5.97 Å². The molecular weight excluding hydrogens is 306 g/mol. The highest BCUT2D eigenvalue weighted by atomic mass is 16.5. The van der Waals surface area contributed by atoms with E-state index >= 15 is 0 Å². The molecule has 0 aliphatic carbocycles. The van der Waals surface area contributed by atoms with Gasteiger partial charge in [0.25, 0.3) is 0 Å². The van der Waals surface area contributed by atoms with Crippen LogP contribution in [0.15, 0.2) is 42.5 Å². The lowest BCUT2D eigenvalue weighted by atomic mass is 10.0. The van der Waals surface area contributed by atoms with Crippen LogP contribution in [0, 0.1) is 0 Å². The molecule has 1 N–H and O–H groups in total. The number of carbonyl (C=O) groups is 1. The van der Waals surface area contributed by atoms with E-state index in [-0.39, 0.29) is 11.6 Å². The molecule has 5 nitrogen and oxygen atoms in total. The summed E-state index contributed by atoms with van der Waals surface area (Å²) in [5.41, 5.74) is 2.24. The van der Waals surface area contributed by atoms with Crippen molar-refractivity contribution in [2.45, 2.75) is 19.5 Å². The third-order valence-corrected chi connectivity index (χ3v) is 4.16. The molecule has 0 aliphatic heterocycles. The van der Waals surface area contributed by atoms with E-state index < -0.39 is 5.97 Å². The number of hydrogen-bond acceptors (Lipinski definition) is 4. The van der Waals surface area contributed by atoms with E-state index in [0.29, 0.717) is 12.3 Å². The zero-order valence-corrected chi connectivity index (χ0v) is 14.4. The van der Waals surface area contributed by atoms with Crippen LogP contribution in [-0.4, -0.2) is 37.2 Å². The van der Waals surface area contributed by atoms with Gasteiger partial charge in [-0.05, 0) is 49.4 Å². The van der Waals surface area contributed by atoms with Crippen LogP contribution >= 0.6 is 0 Å². The lowest BCUT2D eigenvalue weighted by molar-refractivity contribution is 0.0693. The molecule has 0 saturated heterocycles. The first-order valence-corrected chi connectivity index (χ1v) is 7.70. The summed E-state index contributed by atoms with van der Waals surface area (Å²) in [5, 5.41) is 9.29. The quantitative estimate of drug-likeness (QED) is 0.841. The summed E-state index contributed by atoms with van der Waals surface area (Å²) in [7, 11) is 5.13. The van der Waals surface area contributed by atoms with Crippen LogP contribution in [0.1, 0.15) is 34.5 Å². The number of aromatic carboxylic acids is 1. The molecule has 0 saturated carbocycles. The third kappa shape index (κ3) is 4.06. The fourth-order valence-electron chi connectivity index (χ4n) is 2.60. The summed E-state index contributed by atoms with van der Waals surface area (Å²) < 4.78 is 10.4. The molecule has 0 aromatic heterocycles. The maximum Gasteiger partial charge on any atom is 0.339 e. The predicted octanol–water partition coefficient (Wildman–Crippen LogP) is 3.60. The molecule has 0 fully saturated rings. The minimum atomic E-state index is -0.989. The van der Waals surface area contributed by atoms with Gasteiger partial charge in [-0.25, -0.2) is 4.79 Å². The molecule has 0 aliphatic rings. The number of methoxy groups -OCH3 is 2. The average Bonchev–Trinajstić information content (AvgIpc) is 2.60. The third-order valence-electron chi connectivity index (χ3n) is 4.16. The van der Waals surface area contributed by atoms with E-state index in [1.807, 2.05) is 31.3 Å². The maximum absolute atomic E-state index is 11.3. The lowest BCUT2D eigenvalue weighted by Crippen LogP contribution is -2.22. The van der Waals surface area contributed by atoms with Crippen LogP contribution < -0.4 is 9.47 Å². The molecule has 0 heterocycles. The van der Waals surface area contributed by atoms with Crippen molar-refractivity contribution in [2.75, 3.05) is 21.3 Å². The Kier molecular flexibility index (Phi) is 5.82. The Hall–Kier alpha value is -2.53. The standard InChI is InChI=1S/C19H23NO4/c1-13(15-6-5-7-16(11-15)23-3)20(2)12-14-8-9-18(24-4)17(10-14)19(21)22/h5-11,13H,12H2,1-4H3,(H,21,22). The smallest absolute Gasteiger partial charge is 0.339 e. The number of carboxylic acids is 1. The molecule has 0 bridgehead atoms. The number of benzene rings is 2. The first kappa shape index (κ1) is 17.8. The van der Waals surface area contributed by atoms with Crippen LogP contribution in [0.5, 0.6) is 11.5 Å². The summed E-state index contributed by atoms with van der Waals surface area (Å²) in [6.07, 6.45) is 0. The Bertz CT molecular complexity index is 714. The average molecular weight is 329 g/mol. The van der Waals surface area contributed by atoms with Crippen LogP contribution in [0.2, 0.25) is 0 Å². The van der Waals surface area contributed by atoms with Gasteiger partial charge in [-0.2, -0.15) is 0 Å². The summed E-state index contributed by atoms with van der Waals surface area (Å²) in [4.78, 5) is 13.5. The van der Waals surface area contributed by atoms with Gasteiger partial charge in [0.15, 0.2) is 0 Å². The van der Waals surface area contributed by atoms with Crippen LogP contribution in [0.25, 0.3) is 0 Å². The van der Waals surface area contributed by atoms with E-state index in [4.69, 9.17) is 9.47 Å². The number of nitrogens with zero attached hydrogens (tertiary/aromatic N) is 1. The van der Waals surface area contributed by atoms with Gasteiger partial charge in [0.05, 0.1) is 14.2 Å². The number of rotatable bonds is 7. The highest BCUT2D eigenvalue weighted by molar-refractivity contribution is 5.91.